The Morgan fingerprint density at radius 2 is 1.44 bits per heavy atom. The Kier molecular flexibility index (Phi) is 16.0. The highest BCUT2D eigenvalue weighted by Gasteiger charge is 2.45. The van der Waals surface area contributed by atoms with Gasteiger partial charge < -0.3 is 39.6 Å². The number of nitrogens with zero attached hydrogens (tertiary/aromatic N) is 7. The van der Waals surface area contributed by atoms with E-state index in [0.717, 1.165) is 35.5 Å². The molecule has 4 aliphatic rings. The largest absolute Gasteiger partial charge is 0.457 e. The molecular formula is C51H58N10O11. The predicted octanol–water partition coefficient (Wildman–Crippen LogP) is 4.04. The van der Waals surface area contributed by atoms with E-state index in [1.165, 1.54) is 0 Å². The molecule has 2 fully saturated rings. The van der Waals surface area contributed by atoms with Crippen molar-refractivity contribution in [2.24, 2.45) is 11.7 Å². The topological polar surface area (TPSA) is 254 Å². The summed E-state index contributed by atoms with van der Waals surface area (Å²) in [6.45, 7) is 5.28. The fraction of sp³-hybridized carbons (Fsp3) is 0.431. The summed E-state index contributed by atoms with van der Waals surface area (Å²) in [5, 5.41) is 18.9. The maximum absolute atomic E-state index is 13.5. The van der Waals surface area contributed by atoms with Gasteiger partial charge in [-0.2, -0.15) is 5.10 Å². The number of benzene rings is 3. The monoisotopic (exact) mass is 986 g/mol. The zero-order chi connectivity index (χ0) is 50.0. The van der Waals surface area contributed by atoms with E-state index in [2.05, 4.69) is 20.9 Å². The molecule has 1 unspecified atom stereocenters. The Morgan fingerprint density at radius 1 is 0.750 bits per heavy atom. The first-order valence-corrected chi connectivity index (χ1v) is 24.5. The number of aryl methyl sites for hydroxylation is 1. The Balaban J connectivity index is 0.623. The zero-order valence-electron chi connectivity index (χ0n) is 39.9. The first-order chi connectivity index (χ1) is 35.1. The number of hydrogen-bond acceptors (Lipinski definition) is 15. The number of ether oxygens (including phenoxy) is 5. The van der Waals surface area contributed by atoms with Crippen molar-refractivity contribution in [2.75, 3.05) is 77.8 Å². The van der Waals surface area contributed by atoms with Gasteiger partial charge in [-0.05, 0) is 92.5 Å². The van der Waals surface area contributed by atoms with E-state index >= 15 is 0 Å². The lowest BCUT2D eigenvalue weighted by molar-refractivity contribution is -0.136. The fourth-order valence-electron chi connectivity index (χ4n) is 9.71. The van der Waals surface area contributed by atoms with Gasteiger partial charge in [-0.1, -0.05) is 35.5 Å². The number of carbonyl (C=O) groups is 6. The van der Waals surface area contributed by atoms with E-state index in [1.54, 1.807) is 29.1 Å². The quantitative estimate of drug-likeness (QED) is 0.0617. The molecule has 378 valence electrons. The lowest BCUT2D eigenvalue weighted by Crippen LogP contribution is -2.54. The molecule has 5 aromatic rings. The number of amides is 6. The Labute approximate surface area is 415 Å². The van der Waals surface area contributed by atoms with Crippen LogP contribution in [0.4, 0.5) is 5.82 Å². The molecule has 9 rings (SSSR count). The van der Waals surface area contributed by atoms with E-state index < -0.39 is 35.6 Å². The molecule has 2 saturated heterocycles. The summed E-state index contributed by atoms with van der Waals surface area (Å²) in [5.41, 5.74) is 9.15. The standard InChI is InChI=1S/C51H58N10O11/c52-46(63)44-45(35-11-13-37(14-12-35)72-36-8-2-1-3-9-36)56-61-40(17-20-53-47(44)61)33-18-21-58(22-19-33)50(66)39-32-59(57-55-39)23-25-69-27-29-71-31-30-70-28-26-68-24-5-7-34-6-4-10-38-43(34)51(67)60(49(38)65)41-15-16-42(62)54-48(41)64/h1-4,6,8-14,32-33,40-41,53H,5,7,15-31H2,(H2,52,63)(H,54,62,64)/t40-,41?/m0/s1. The molecule has 0 aliphatic carbocycles. The Morgan fingerprint density at radius 3 is 2.15 bits per heavy atom. The summed E-state index contributed by atoms with van der Waals surface area (Å²) in [7, 11) is 0. The molecule has 0 bridgehead atoms. The van der Waals surface area contributed by atoms with E-state index in [-0.39, 0.29) is 42.0 Å². The van der Waals surface area contributed by atoms with E-state index in [1.807, 2.05) is 64.2 Å². The van der Waals surface area contributed by atoms with Crippen molar-refractivity contribution >= 4 is 41.3 Å². The Bertz CT molecular complexity index is 2750. The van der Waals surface area contributed by atoms with Crippen LogP contribution in [0.15, 0.2) is 79.0 Å². The van der Waals surface area contributed by atoms with Crippen LogP contribution in [0.3, 0.4) is 0 Å². The molecule has 6 amide bonds. The van der Waals surface area contributed by atoms with Crippen LogP contribution in [0.2, 0.25) is 0 Å². The minimum absolute atomic E-state index is 0.0287. The second-order valence-corrected chi connectivity index (χ2v) is 17.9. The van der Waals surface area contributed by atoms with E-state index in [9.17, 15) is 28.8 Å². The van der Waals surface area contributed by atoms with Gasteiger partial charge >= 0.3 is 0 Å². The first-order valence-electron chi connectivity index (χ1n) is 24.5. The highest BCUT2D eigenvalue weighted by atomic mass is 16.6. The molecule has 4 N–H and O–H groups in total. The van der Waals surface area contributed by atoms with Gasteiger partial charge in [0, 0.05) is 38.2 Å². The molecule has 0 spiro atoms. The van der Waals surface area contributed by atoms with Gasteiger partial charge in [0.25, 0.3) is 23.6 Å². The van der Waals surface area contributed by atoms with Crippen molar-refractivity contribution in [3.05, 3.63) is 107 Å². The molecule has 2 aromatic heterocycles. The number of rotatable bonds is 23. The van der Waals surface area contributed by atoms with Crippen LogP contribution >= 0.6 is 0 Å². The number of likely N-dealkylation sites (tertiary alicyclic amines) is 1. The number of anilines is 1. The van der Waals surface area contributed by atoms with Crippen molar-refractivity contribution in [3.63, 3.8) is 0 Å². The van der Waals surface area contributed by atoms with Crippen molar-refractivity contribution in [2.45, 2.75) is 63.6 Å². The zero-order valence-corrected chi connectivity index (χ0v) is 39.9. The van der Waals surface area contributed by atoms with Gasteiger partial charge in [0.15, 0.2) is 5.69 Å². The molecular weight excluding hydrogens is 929 g/mol. The number of imide groups is 2. The van der Waals surface area contributed by atoms with Crippen LogP contribution in [0.5, 0.6) is 11.5 Å². The molecule has 6 heterocycles. The first kappa shape index (κ1) is 49.6. The number of piperidine rings is 2. The number of primary amides is 1. The van der Waals surface area contributed by atoms with Crippen LogP contribution < -0.4 is 21.1 Å². The smallest absolute Gasteiger partial charge is 0.276 e. The number of carbonyl (C=O) groups excluding carboxylic acids is 6. The summed E-state index contributed by atoms with van der Waals surface area (Å²) in [6, 6.07) is 21.1. The summed E-state index contributed by atoms with van der Waals surface area (Å²) in [5.74, 6) is -0.558. The number of hydrogen-bond donors (Lipinski definition) is 3. The van der Waals surface area contributed by atoms with Gasteiger partial charge in [-0.3, -0.25) is 39.0 Å². The molecule has 2 atom stereocenters. The molecule has 3 aromatic carbocycles. The van der Waals surface area contributed by atoms with Crippen LogP contribution in [0, 0.1) is 5.92 Å². The van der Waals surface area contributed by atoms with Gasteiger partial charge in [0.05, 0.1) is 76.2 Å². The summed E-state index contributed by atoms with van der Waals surface area (Å²) in [4.78, 5) is 79.5. The minimum Gasteiger partial charge on any atom is -0.457 e. The van der Waals surface area contributed by atoms with Crippen LogP contribution in [0.1, 0.15) is 91.7 Å². The second kappa shape index (κ2) is 23.3. The number of nitrogens with one attached hydrogen (secondary N) is 2. The average Bonchev–Trinajstić information content (AvgIpc) is 4.10. The minimum atomic E-state index is -1.00. The highest BCUT2D eigenvalue weighted by Crippen LogP contribution is 2.40. The lowest BCUT2D eigenvalue weighted by atomic mass is 9.86. The molecule has 0 saturated carbocycles. The fourth-order valence-corrected chi connectivity index (χ4v) is 9.71. The predicted molar refractivity (Wildman–Crippen MR) is 258 cm³/mol. The molecule has 4 aliphatic heterocycles. The van der Waals surface area contributed by atoms with Crippen LogP contribution in [-0.4, -0.2) is 149 Å². The maximum Gasteiger partial charge on any atom is 0.276 e. The van der Waals surface area contributed by atoms with Gasteiger partial charge in [-0.15, -0.1) is 5.10 Å². The van der Waals surface area contributed by atoms with Crippen LogP contribution in [0.25, 0.3) is 11.3 Å². The maximum atomic E-state index is 13.5. The van der Waals surface area contributed by atoms with Crippen molar-refractivity contribution in [1.82, 2.24) is 39.9 Å². The van der Waals surface area contributed by atoms with Crippen LogP contribution in [-0.2, 0) is 41.5 Å². The number of para-hydroxylation sites is 1. The third-order valence-corrected chi connectivity index (χ3v) is 13.3. The molecule has 72 heavy (non-hydrogen) atoms. The van der Waals surface area contributed by atoms with Crippen molar-refractivity contribution < 1.29 is 52.5 Å². The average molecular weight is 987 g/mol. The number of nitrogens with two attached hydrogens (primary N) is 1. The van der Waals surface area contributed by atoms with E-state index in [4.69, 9.17) is 34.5 Å². The summed E-state index contributed by atoms with van der Waals surface area (Å²) >= 11 is 0. The normalized spacial score (nSPS) is 17.9. The number of fused-ring (bicyclic) bond motifs is 2. The third-order valence-electron chi connectivity index (χ3n) is 13.3. The van der Waals surface area contributed by atoms with Crippen molar-refractivity contribution in [3.8, 4) is 22.8 Å². The molecule has 0 radical (unpaired) electrons. The Hall–Kier alpha value is -7.33. The highest BCUT2D eigenvalue weighted by molar-refractivity contribution is 6.24. The molecule has 21 heteroatoms. The van der Waals surface area contributed by atoms with Gasteiger partial charge in [0.2, 0.25) is 11.8 Å². The number of aromatic nitrogens is 5. The van der Waals surface area contributed by atoms with Gasteiger partial charge in [0.1, 0.15) is 34.6 Å². The second-order valence-electron chi connectivity index (χ2n) is 17.9. The summed E-state index contributed by atoms with van der Waals surface area (Å²) in [6.07, 6.45) is 5.29. The lowest BCUT2D eigenvalue weighted by Gasteiger charge is -2.38. The van der Waals surface area contributed by atoms with Crippen molar-refractivity contribution in [1.29, 1.82) is 0 Å². The SMILES string of the molecule is NC(=O)c1c(-c2ccc(Oc3ccccc3)cc2)nn2c1NCC[C@H]2C1CCN(C(=O)c2cn(CCOCCOCCOCCOCCCc3cccc4c3C(=O)N(C3CCC(=O)NC3=O)C4=O)nn2)CC1. The van der Waals surface area contributed by atoms with Gasteiger partial charge in [-0.25, -0.2) is 9.36 Å². The van der Waals surface area contributed by atoms with E-state index in [0.29, 0.717) is 126 Å². The summed E-state index contributed by atoms with van der Waals surface area (Å²) < 4.78 is 32.1. The molecule has 21 nitrogen and oxygen atoms in total. The third kappa shape index (κ3) is 11.4.